The summed E-state index contributed by atoms with van der Waals surface area (Å²) in [5, 5.41) is 0. The molecule has 8 rings (SSSR count). The van der Waals surface area contributed by atoms with Gasteiger partial charge < -0.3 is 77.8 Å². The van der Waals surface area contributed by atoms with Crippen LogP contribution in [0.2, 0.25) is 163 Å². The Kier molecular flexibility index (Phi) is 46.7. The molecule has 0 spiro atoms. The van der Waals surface area contributed by atoms with E-state index in [-0.39, 0.29) is 57.9 Å². The molecular weight excluding hydrogens is 1990 g/mol. The molecule has 798 valence electrons. The second-order valence-electron chi connectivity index (χ2n) is 45.5. The Bertz CT molecular complexity index is 3840. The molecule has 24 atom stereocenters. The van der Waals surface area contributed by atoms with Crippen LogP contribution in [-0.2, 0) is 94.0 Å². The van der Waals surface area contributed by atoms with E-state index in [0.717, 1.165) is 189 Å². The number of hydrogen-bond donors (Lipinski definition) is 0. The fraction of sp³-hybridized carbons (Fsp3) is 0.898. The molecule has 4 aliphatic carbocycles. The first-order valence-electron chi connectivity index (χ1n) is 56.6. The van der Waals surface area contributed by atoms with Gasteiger partial charge in [0.05, 0.1) is 40.9 Å². The summed E-state index contributed by atoms with van der Waals surface area (Å²) >= 11 is 2.70. The summed E-state index contributed by atoms with van der Waals surface area (Å²) in [6.07, 6.45) is -3.60. The predicted molar refractivity (Wildman–Crippen MR) is 596 cm³/mol. The molecule has 3 saturated carbocycles. The molecule has 3 saturated heterocycles. The van der Waals surface area contributed by atoms with Gasteiger partial charge in [-0.2, -0.15) is 4.99 Å². The summed E-state index contributed by atoms with van der Waals surface area (Å²) in [6.45, 7) is 79.0. The van der Waals surface area contributed by atoms with Crippen LogP contribution in [0.1, 0.15) is 292 Å². The zero-order valence-corrected chi connectivity index (χ0v) is 105. The lowest BCUT2D eigenvalue weighted by Gasteiger charge is -2.71. The van der Waals surface area contributed by atoms with Gasteiger partial charge in [-0.1, -0.05) is 300 Å². The molecule has 0 radical (unpaired) electrons. The quantitative estimate of drug-likeness (QED) is 0.00683. The molecule has 138 heavy (non-hydrogen) atoms. The smallest absolute Gasteiger partial charge is 0.338 e. The largest absolute Gasteiger partial charge is 0.459 e. The van der Waals surface area contributed by atoms with Gasteiger partial charge in [0.15, 0.2) is 99.8 Å². The number of allylic oxidation sites excluding steroid dienone is 1. The number of rotatable bonds is 59. The summed E-state index contributed by atoms with van der Waals surface area (Å²) < 4.78 is 130. The topological polar surface area (TPSA) is 211 Å². The maximum atomic E-state index is 16.9. The van der Waals surface area contributed by atoms with Crippen LogP contribution in [0.25, 0.3) is 0 Å². The van der Waals surface area contributed by atoms with Gasteiger partial charge in [-0.15, -0.1) is 0 Å². The van der Waals surface area contributed by atoms with Crippen molar-refractivity contribution in [2.24, 2.45) is 43.9 Å². The number of alkyl halides is 1. The zero-order chi connectivity index (χ0) is 103. The van der Waals surface area contributed by atoms with E-state index in [1.165, 1.54) is 11.9 Å². The van der Waals surface area contributed by atoms with Gasteiger partial charge in [0.2, 0.25) is 6.08 Å². The average Bonchev–Trinajstić information content (AvgIpc) is 0.672. The van der Waals surface area contributed by atoms with Gasteiger partial charge in [0.1, 0.15) is 73.4 Å². The molecule has 0 N–H and O–H groups in total. The van der Waals surface area contributed by atoms with E-state index in [1.54, 1.807) is 0 Å². The monoisotopic (exact) mass is 2200 g/mol. The first-order chi connectivity index (χ1) is 65.5. The summed E-state index contributed by atoms with van der Waals surface area (Å²) in [5.74, 6) is -0.717. The Labute approximate surface area is 865 Å². The molecular formula is C108H204INO19Si9. The van der Waals surface area contributed by atoms with E-state index in [4.69, 9.17) is 78.0 Å². The van der Waals surface area contributed by atoms with Crippen molar-refractivity contribution in [2.45, 2.75) is 564 Å². The van der Waals surface area contributed by atoms with Gasteiger partial charge in [-0.05, 0) is 254 Å². The minimum atomic E-state index is -2.99. The molecule has 30 heteroatoms. The lowest BCUT2D eigenvalue weighted by molar-refractivity contribution is -0.387. The molecule has 0 amide bonds. The summed E-state index contributed by atoms with van der Waals surface area (Å²) in [7, 11) is -23.6. The average molecular weight is 2200 g/mol. The fourth-order valence-corrected chi connectivity index (χ4v) is 54.1. The number of fused-ring (bicyclic) bond motifs is 5. The molecule has 3 heterocycles. The van der Waals surface area contributed by atoms with Crippen molar-refractivity contribution in [3.05, 3.63) is 47.5 Å². The standard InChI is InChI=1S/C108H204INO19Si9/c1-35-130(36-2,37-3)116-78-83-89(124-133(44-10,45-11)46-12)92(126-135(50-16,51-17)52-18)97(129-138(59-25,60-26)61-27)102(117-83)121-95-91(119-100-96(128-137(56-22,57-23)58-24)90(125-134(47-13,48-14)49-15)84(77-115-100)122-131(38-4,39-5)40-6)93(127-136(53-19,54-20)55-21)94(99(113)114-76-81-65-63-62-64-66-81)120-101(95)118-87-70-71-104(31)85(105(87,32)79-111)69-72-106(33)86(104)68-67-82-98(109)108(110-80-112,74-73-103(28,29)30)88(75-107(82,106)34)123-132(41-7,42-8)43-9/h62-67,79,83-98,100-102H,35-61,68-78H2,1-34H3/t83?,84-,85?,86?,87+,88+,89+,90?,91?,92?,93+,94?,95?,96?,97?,98?,100+,101-,102+,104?,105?,106?,107?,108+/m1/s1. The lowest BCUT2D eigenvalue weighted by atomic mass is 9.35. The van der Waals surface area contributed by atoms with Crippen molar-refractivity contribution in [3.63, 3.8) is 0 Å². The third-order valence-corrected chi connectivity index (χ3v) is 83.2. The number of carbonyl (C=O) groups is 2. The number of nitrogens with zero attached hydrogens (tertiary/aromatic N) is 1. The Morgan fingerprint density at radius 1 is 0.464 bits per heavy atom. The molecule has 15 unspecified atom stereocenters. The molecule has 1 aromatic rings. The van der Waals surface area contributed by atoms with Crippen LogP contribution in [-0.4, -0.2) is 214 Å². The van der Waals surface area contributed by atoms with Gasteiger partial charge in [0, 0.05) is 0 Å². The summed E-state index contributed by atoms with van der Waals surface area (Å²) in [4.78, 5) is 51.3. The van der Waals surface area contributed by atoms with Gasteiger partial charge >= 0.3 is 5.97 Å². The van der Waals surface area contributed by atoms with E-state index in [2.05, 4.69) is 270 Å². The minimum absolute atomic E-state index is 0.0180. The highest BCUT2D eigenvalue weighted by atomic mass is 127. The summed E-state index contributed by atoms with van der Waals surface area (Å²) in [6, 6.07) is 33.4. The minimum Gasteiger partial charge on any atom is -0.459 e. The van der Waals surface area contributed by atoms with Crippen molar-refractivity contribution in [1.82, 2.24) is 0 Å². The molecule has 20 nitrogen and oxygen atoms in total. The zero-order valence-electron chi connectivity index (χ0n) is 94.0. The molecule has 3 aliphatic heterocycles. The van der Waals surface area contributed by atoms with E-state index in [1.807, 2.05) is 30.3 Å². The van der Waals surface area contributed by atoms with Crippen LogP contribution in [0.15, 0.2) is 47.0 Å². The number of aliphatic imine (C=N–C) groups is 1. The number of halogens is 1. The third kappa shape index (κ3) is 25.6. The summed E-state index contributed by atoms with van der Waals surface area (Å²) in [5.41, 5.74) is -0.881. The predicted octanol–water partition coefficient (Wildman–Crippen LogP) is 29.3. The van der Waals surface area contributed by atoms with E-state index in [0.29, 0.717) is 31.0 Å². The maximum Gasteiger partial charge on any atom is 0.338 e. The van der Waals surface area contributed by atoms with E-state index < -0.39 is 189 Å². The highest BCUT2D eigenvalue weighted by Gasteiger charge is 2.72. The number of carbonyl (C=O) groups excluding carboxylic acids is 3. The first kappa shape index (κ1) is 123. The highest BCUT2D eigenvalue weighted by molar-refractivity contribution is 14.1. The number of esters is 1. The second-order valence-corrected chi connectivity index (χ2v) is 89.3. The number of isocyanates is 1. The van der Waals surface area contributed by atoms with Crippen LogP contribution in [0, 0.1) is 38.9 Å². The van der Waals surface area contributed by atoms with Crippen molar-refractivity contribution in [2.75, 3.05) is 13.2 Å². The number of aldehydes is 1. The van der Waals surface area contributed by atoms with Crippen LogP contribution in [0.5, 0.6) is 0 Å². The molecule has 6 fully saturated rings. The van der Waals surface area contributed by atoms with Gasteiger partial charge in [-0.25, -0.2) is 9.59 Å². The Hall–Kier alpha value is -0.438. The number of hydrogen-bond acceptors (Lipinski definition) is 20. The lowest BCUT2D eigenvalue weighted by Crippen LogP contribution is -2.72. The van der Waals surface area contributed by atoms with Crippen molar-refractivity contribution < 1.29 is 87.4 Å². The van der Waals surface area contributed by atoms with Gasteiger partial charge in [0.25, 0.3) is 0 Å². The first-order valence-corrected chi connectivity index (χ1v) is 80.6. The van der Waals surface area contributed by atoms with Crippen LogP contribution in [0.3, 0.4) is 0 Å². The van der Waals surface area contributed by atoms with Crippen molar-refractivity contribution >= 4 is 116 Å². The van der Waals surface area contributed by atoms with Crippen LogP contribution in [0.4, 0.5) is 0 Å². The Balaban J connectivity index is 1.52. The molecule has 0 aromatic heterocycles. The Morgan fingerprint density at radius 2 is 0.877 bits per heavy atom. The molecule has 1 aromatic carbocycles. The molecule has 0 bridgehead atoms. The Morgan fingerprint density at radius 3 is 1.33 bits per heavy atom. The third-order valence-electron chi connectivity index (χ3n) is 39.7. The maximum absolute atomic E-state index is 16.9. The van der Waals surface area contributed by atoms with Crippen molar-refractivity contribution in [1.29, 1.82) is 0 Å². The van der Waals surface area contributed by atoms with Crippen LogP contribution >= 0.6 is 22.6 Å². The van der Waals surface area contributed by atoms with E-state index >= 15 is 9.59 Å². The van der Waals surface area contributed by atoms with Crippen molar-refractivity contribution in [3.8, 4) is 0 Å². The highest BCUT2D eigenvalue weighted by Crippen LogP contribution is 2.75. The van der Waals surface area contributed by atoms with E-state index in [9.17, 15) is 4.79 Å². The normalized spacial score (nSPS) is 32.7. The molecule has 7 aliphatic rings. The van der Waals surface area contributed by atoms with Gasteiger partial charge in [-0.3, -0.25) is 0 Å². The number of benzene rings is 1. The van der Waals surface area contributed by atoms with Crippen LogP contribution < -0.4 is 0 Å². The SMILES string of the molecule is CC[Si](CC)(CC)OCC1O[C@@H](OC2C(O[C@@H]3OC[C@@H](O[Si](CC)(CC)CC)C(O[Si](CC)(CC)CC)C3O[Si](CC)(CC)CC)[C@H](O[Si](CC)(CC)CC)C(C(=O)OCc3ccccc3)O[C@H]2O[C@H]2CCC3(C)C(CCC4(C)C3CC=C3C(I)[C@@](CCC(C)(C)C)(N=C=O)[C@@H](O[Si](CC)(CC)CC)CC34C)C2(C)C=O)C(O[Si](CC)(CC)CC)C(O[Si](CC)(CC)CC)[C@H]1O[Si](CC)(CC)CC. The second kappa shape index (κ2) is 52.5. The fourth-order valence-electron chi connectivity index (χ4n) is 26.9. The number of ether oxygens (including phenoxy) is 7.